The molecule has 8 nitrogen and oxygen atoms in total. The van der Waals surface area contributed by atoms with Crippen molar-refractivity contribution in [3.63, 3.8) is 0 Å². The van der Waals surface area contributed by atoms with E-state index >= 15 is 0 Å². The molecule has 3 heterocycles. The van der Waals surface area contributed by atoms with E-state index in [0.29, 0.717) is 10.8 Å². The topological polar surface area (TPSA) is 98.9 Å². The predicted octanol–water partition coefficient (Wildman–Crippen LogP) is 2.66. The van der Waals surface area contributed by atoms with Crippen molar-refractivity contribution in [2.24, 2.45) is 7.05 Å². The maximum atomic E-state index is 13.3. The van der Waals surface area contributed by atoms with Crippen LogP contribution in [0.1, 0.15) is 5.69 Å². The van der Waals surface area contributed by atoms with Crippen LogP contribution in [0.4, 0.5) is 18.9 Å². The lowest BCUT2D eigenvalue weighted by Crippen LogP contribution is -2.21. The monoisotopic (exact) mass is 437 g/mol. The van der Waals surface area contributed by atoms with Crippen molar-refractivity contribution in [3.05, 3.63) is 58.6 Å². The van der Waals surface area contributed by atoms with E-state index in [9.17, 15) is 26.4 Å². The number of aryl methyl sites for hydroxylation is 1. The molecule has 0 unspecified atom stereocenters. The summed E-state index contributed by atoms with van der Waals surface area (Å²) in [6, 6.07) is 7.79. The molecule has 0 atom stereocenters. The van der Waals surface area contributed by atoms with Crippen LogP contribution in [-0.4, -0.2) is 34.0 Å². The van der Waals surface area contributed by atoms with Gasteiger partial charge in [-0.2, -0.15) is 18.3 Å². The van der Waals surface area contributed by atoms with Crippen LogP contribution < -0.4 is 10.3 Å². The van der Waals surface area contributed by atoms with E-state index in [1.807, 2.05) is 0 Å². The molecule has 0 radical (unpaired) electrons. The Bertz CT molecular complexity index is 1470. The van der Waals surface area contributed by atoms with E-state index in [4.69, 9.17) is 0 Å². The van der Waals surface area contributed by atoms with Crippen LogP contribution in [0.3, 0.4) is 0 Å². The fourth-order valence-corrected chi connectivity index (χ4v) is 3.75. The van der Waals surface area contributed by atoms with Gasteiger partial charge in [0.1, 0.15) is 11.3 Å². The fraction of sp³-hybridized carbons (Fsp3) is 0.167. The van der Waals surface area contributed by atoms with E-state index < -0.39 is 27.5 Å². The number of rotatable bonds is 3. The fourth-order valence-electron chi connectivity index (χ4n) is 3.19. The predicted molar refractivity (Wildman–Crippen MR) is 105 cm³/mol. The summed E-state index contributed by atoms with van der Waals surface area (Å²) in [4.78, 5) is 16.9. The SMILES string of the molecule is Cn1cc2c(n1)c(=O)n(-c1cccc(NS(C)(=O)=O)c1)c1nc(C(F)(F)F)ccc21. The van der Waals surface area contributed by atoms with Gasteiger partial charge in [0.2, 0.25) is 10.0 Å². The Kier molecular flexibility index (Phi) is 4.34. The first kappa shape index (κ1) is 19.9. The third-order valence-corrected chi connectivity index (χ3v) is 4.92. The van der Waals surface area contributed by atoms with Crippen molar-refractivity contribution >= 4 is 37.6 Å². The Morgan fingerprint density at radius 3 is 2.50 bits per heavy atom. The normalized spacial score (nSPS) is 12.6. The highest BCUT2D eigenvalue weighted by Crippen LogP contribution is 2.31. The van der Waals surface area contributed by atoms with Gasteiger partial charge in [-0.15, -0.1) is 0 Å². The van der Waals surface area contributed by atoms with Crippen LogP contribution in [0.15, 0.2) is 47.4 Å². The zero-order valence-corrected chi connectivity index (χ0v) is 16.4. The lowest BCUT2D eigenvalue weighted by Gasteiger charge is -2.14. The van der Waals surface area contributed by atoms with Crippen molar-refractivity contribution in [2.45, 2.75) is 6.18 Å². The second-order valence-corrected chi connectivity index (χ2v) is 8.44. The number of benzene rings is 1. The van der Waals surface area contributed by atoms with E-state index in [1.165, 1.54) is 41.2 Å². The Hall–Kier alpha value is -3.41. The number of nitrogens with one attached hydrogen (secondary N) is 1. The zero-order valence-electron chi connectivity index (χ0n) is 15.6. The molecule has 0 fully saturated rings. The van der Waals surface area contributed by atoms with Gasteiger partial charge in [-0.1, -0.05) is 6.07 Å². The van der Waals surface area contributed by atoms with Crippen LogP contribution in [-0.2, 0) is 23.2 Å². The van der Waals surface area contributed by atoms with Gasteiger partial charge in [-0.3, -0.25) is 18.8 Å². The lowest BCUT2D eigenvalue weighted by molar-refractivity contribution is -0.141. The number of halogens is 3. The highest BCUT2D eigenvalue weighted by molar-refractivity contribution is 7.92. The molecular formula is C18H14F3N5O3S. The van der Waals surface area contributed by atoms with Gasteiger partial charge in [0.15, 0.2) is 5.52 Å². The minimum absolute atomic E-state index is 0.0491. The second-order valence-electron chi connectivity index (χ2n) is 6.70. The largest absolute Gasteiger partial charge is 0.433 e. The van der Waals surface area contributed by atoms with Crippen LogP contribution in [0.5, 0.6) is 0 Å². The molecule has 4 rings (SSSR count). The summed E-state index contributed by atoms with van der Waals surface area (Å²) in [7, 11) is -2.02. The quantitative estimate of drug-likeness (QED) is 0.531. The number of pyridine rings is 2. The summed E-state index contributed by atoms with van der Waals surface area (Å²) in [6.45, 7) is 0. The summed E-state index contributed by atoms with van der Waals surface area (Å²) in [6.07, 6.45) is -2.23. The molecule has 4 aromatic rings. The molecule has 1 aromatic carbocycles. The molecule has 0 aliphatic rings. The highest BCUT2D eigenvalue weighted by atomic mass is 32.2. The minimum Gasteiger partial charge on any atom is -0.284 e. The number of anilines is 1. The van der Waals surface area contributed by atoms with Gasteiger partial charge in [-0.05, 0) is 30.3 Å². The zero-order chi connectivity index (χ0) is 21.8. The number of alkyl halides is 3. The Morgan fingerprint density at radius 2 is 1.83 bits per heavy atom. The molecular weight excluding hydrogens is 423 g/mol. The van der Waals surface area contributed by atoms with Gasteiger partial charge in [0, 0.05) is 24.0 Å². The van der Waals surface area contributed by atoms with Gasteiger partial charge >= 0.3 is 6.18 Å². The smallest absolute Gasteiger partial charge is 0.284 e. The first-order chi connectivity index (χ1) is 13.9. The molecule has 0 saturated heterocycles. The summed E-state index contributed by atoms with van der Waals surface area (Å²) in [5.41, 5.74) is -1.72. The van der Waals surface area contributed by atoms with Gasteiger partial charge in [0.25, 0.3) is 5.56 Å². The molecule has 0 spiro atoms. The van der Waals surface area contributed by atoms with Crippen LogP contribution in [0.2, 0.25) is 0 Å². The molecule has 0 amide bonds. The Labute approximate surface area is 167 Å². The molecule has 0 saturated carbocycles. The summed E-state index contributed by atoms with van der Waals surface area (Å²) >= 11 is 0. The number of nitrogens with zero attached hydrogens (tertiary/aromatic N) is 4. The van der Waals surface area contributed by atoms with E-state index in [0.717, 1.165) is 16.9 Å². The number of hydrogen-bond donors (Lipinski definition) is 1. The van der Waals surface area contributed by atoms with Gasteiger partial charge in [-0.25, -0.2) is 13.4 Å². The first-order valence-corrected chi connectivity index (χ1v) is 10.4. The summed E-state index contributed by atoms with van der Waals surface area (Å²) in [5.74, 6) is 0. The van der Waals surface area contributed by atoms with E-state index in [1.54, 1.807) is 7.05 Å². The van der Waals surface area contributed by atoms with Crippen molar-refractivity contribution in [2.75, 3.05) is 11.0 Å². The molecule has 3 aromatic heterocycles. The van der Waals surface area contributed by atoms with Crippen molar-refractivity contribution < 1.29 is 21.6 Å². The Balaban J connectivity index is 2.10. The number of aromatic nitrogens is 4. The molecule has 156 valence electrons. The molecule has 30 heavy (non-hydrogen) atoms. The maximum Gasteiger partial charge on any atom is 0.433 e. The third-order valence-electron chi connectivity index (χ3n) is 4.31. The lowest BCUT2D eigenvalue weighted by atomic mass is 10.1. The Morgan fingerprint density at radius 1 is 1.10 bits per heavy atom. The minimum atomic E-state index is -4.71. The van der Waals surface area contributed by atoms with Crippen LogP contribution in [0.25, 0.3) is 27.6 Å². The summed E-state index contributed by atoms with van der Waals surface area (Å²) in [5, 5.41) is 4.78. The number of hydrogen-bond acceptors (Lipinski definition) is 5. The molecule has 0 aliphatic carbocycles. The summed E-state index contributed by atoms with van der Waals surface area (Å²) < 4.78 is 67.5. The highest BCUT2D eigenvalue weighted by Gasteiger charge is 2.33. The van der Waals surface area contributed by atoms with E-state index in [2.05, 4.69) is 14.8 Å². The second kappa shape index (κ2) is 6.55. The van der Waals surface area contributed by atoms with E-state index in [-0.39, 0.29) is 22.5 Å². The molecule has 0 aliphatic heterocycles. The number of fused-ring (bicyclic) bond motifs is 3. The molecule has 12 heteroatoms. The average Bonchev–Trinajstić information content (AvgIpc) is 3.02. The molecule has 0 bridgehead atoms. The van der Waals surface area contributed by atoms with Crippen molar-refractivity contribution in [3.8, 4) is 5.69 Å². The van der Waals surface area contributed by atoms with Crippen LogP contribution >= 0.6 is 0 Å². The maximum absolute atomic E-state index is 13.3. The third kappa shape index (κ3) is 3.49. The average molecular weight is 437 g/mol. The molecule has 1 N–H and O–H groups in total. The van der Waals surface area contributed by atoms with Gasteiger partial charge in [0.05, 0.1) is 17.6 Å². The van der Waals surface area contributed by atoms with Gasteiger partial charge < -0.3 is 0 Å². The first-order valence-electron chi connectivity index (χ1n) is 8.48. The van der Waals surface area contributed by atoms with Crippen molar-refractivity contribution in [1.82, 2.24) is 19.3 Å². The van der Waals surface area contributed by atoms with Crippen molar-refractivity contribution in [1.29, 1.82) is 0 Å². The number of sulfonamides is 1. The standard InChI is InChI=1S/C18H14F3N5O3S/c1-25-9-13-12-6-7-14(18(19,20)21)22-16(12)26(17(27)15(13)23-25)11-5-3-4-10(8-11)24-30(2,28)29/h3-9,24H,1-2H3. The van der Waals surface area contributed by atoms with Crippen LogP contribution in [0, 0.1) is 0 Å².